The fraction of sp³-hybridized carbons (Fsp3) is 0.167. The van der Waals surface area contributed by atoms with E-state index in [0.717, 1.165) is 58.3 Å². The molecular weight excluding hydrogens is 532 g/mol. The zero-order valence-electron chi connectivity index (χ0n) is 17.9. The SMILES string of the molecule is Cc1cccc(-c2nc(CN(I)CCc3cccc(F)c3)[nH]c2-c2ccc3ncnn3c2)n1. The average Bonchev–Trinajstić information content (AvgIpc) is 3.44. The molecule has 0 unspecified atom stereocenters. The van der Waals surface area contributed by atoms with Gasteiger partial charge in [0.05, 0.1) is 17.9 Å². The molecule has 7 nitrogen and oxygen atoms in total. The number of nitrogens with zero attached hydrogens (tertiary/aromatic N) is 6. The van der Waals surface area contributed by atoms with Crippen molar-refractivity contribution >= 4 is 28.5 Å². The molecule has 0 amide bonds. The molecule has 5 rings (SSSR count). The predicted molar refractivity (Wildman–Crippen MR) is 133 cm³/mol. The molecule has 9 heteroatoms. The molecule has 0 fully saturated rings. The van der Waals surface area contributed by atoms with Crippen molar-refractivity contribution in [1.29, 1.82) is 0 Å². The van der Waals surface area contributed by atoms with Crippen LogP contribution in [0.25, 0.3) is 28.3 Å². The van der Waals surface area contributed by atoms with Gasteiger partial charge in [-0.25, -0.2) is 22.0 Å². The first-order chi connectivity index (χ1) is 16.0. The number of aromatic amines is 1. The number of benzene rings is 1. The molecular formula is C24H21FIN7. The summed E-state index contributed by atoms with van der Waals surface area (Å²) < 4.78 is 17.3. The van der Waals surface area contributed by atoms with E-state index in [0.29, 0.717) is 6.54 Å². The number of aryl methyl sites for hydroxylation is 1. The Morgan fingerprint density at radius 3 is 2.82 bits per heavy atom. The minimum atomic E-state index is -0.206. The summed E-state index contributed by atoms with van der Waals surface area (Å²) in [7, 11) is 0. The number of fused-ring (bicyclic) bond motifs is 1. The van der Waals surface area contributed by atoms with Crippen LogP contribution in [-0.4, -0.2) is 39.2 Å². The summed E-state index contributed by atoms with van der Waals surface area (Å²) in [6.45, 7) is 3.35. The number of H-pyrrole nitrogens is 1. The fourth-order valence-electron chi connectivity index (χ4n) is 3.72. The molecule has 4 heterocycles. The normalized spacial score (nSPS) is 11.5. The van der Waals surface area contributed by atoms with Crippen LogP contribution in [0.2, 0.25) is 0 Å². The maximum Gasteiger partial charge on any atom is 0.155 e. The lowest BCUT2D eigenvalue weighted by Crippen LogP contribution is -2.15. The van der Waals surface area contributed by atoms with E-state index in [4.69, 9.17) is 9.97 Å². The van der Waals surface area contributed by atoms with Crippen molar-refractivity contribution in [3.05, 3.63) is 90.0 Å². The molecule has 4 aromatic heterocycles. The van der Waals surface area contributed by atoms with E-state index >= 15 is 0 Å². The van der Waals surface area contributed by atoms with Crippen molar-refractivity contribution in [1.82, 2.24) is 32.7 Å². The molecule has 0 aliphatic carbocycles. The predicted octanol–water partition coefficient (Wildman–Crippen LogP) is 5.02. The molecule has 0 bridgehead atoms. The Bertz CT molecular complexity index is 1410. The standard InChI is InChI=1S/C24H21FIN7/c1-16-4-2-7-20(29-16)24-23(18-8-9-22-27-15-28-33(22)13-18)30-21(31-24)14-32(26)11-10-17-5-3-6-19(25)12-17/h2-9,12-13,15H,10-11,14H2,1H3,(H,30,31). The smallest absolute Gasteiger partial charge is 0.155 e. The molecule has 0 aliphatic heterocycles. The Balaban J connectivity index is 1.43. The highest BCUT2D eigenvalue weighted by Crippen LogP contribution is 2.30. The summed E-state index contributed by atoms with van der Waals surface area (Å²) in [5.74, 6) is 0.624. The molecule has 1 aromatic carbocycles. The lowest BCUT2D eigenvalue weighted by atomic mass is 10.1. The summed E-state index contributed by atoms with van der Waals surface area (Å²) in [4.78, 5) is 17.3. The molecule has 0 aliphatic rings. The second kappa shape index (κ2) is 9.36. The zero-order chi connectivity index (χ0) is 22.8. The number of halogens is 2. The van der Waals surface area contributed by atoms with Crippen LogP contribution in [0.1, 0.15) is 17.1 Å². The first kappa shape index (κ1) is 21.7. The van der Waals surface area contributed by atoms with Crippen LogP contribution in [0, 0.1) is 12.7 Å². The summed E-state index contributed by atoms with van der Waals surface area (Å²) in [6.07, 6.45) is 4.22. The molecule has 0 saturated carbocycles. The van der Waals surface area contributed by atoms with Gasteiger partial charge in [-0.1, -0.05) is 18.2 Å². The Kier molecular flexibility index (Phi) is 6.14. The Labute approximate surface area is 204 Å². The minimum Gasteiger partial charge on any atom is -0.340 e. The van der Waals surface area contributed by atoms with Gasteiger partial charge in [0.1, 0.15) is 23.7 Å². The first-order valence-electron chi connectivity index (χ1n) is 10.5. The molecule has 0 spiro atoms. The topological polar surface area (TPSA) is 75.0 Å². The van der Waals surface area contributed by atoms with Crippen LogP contribution in [0.3, 0.4) is 0 Å². The van der Waals surface area contributed by atoms with E-state index in [1.807, 2.05) is 49.5 Å². The van der Waals surface area contributed by atoms with E-state index in [9.17, 15) is 4.39 Å². The van der Waals surface area contributed by atoms with Gasteiger partial charge in [0, 0.05) is 46.9 Å². The molecule has 0 atom stereocenters. The number of rotatable bonds is 7. The van der Waals surface area contributed by atoms with Gasteiger partial charge in [-0.15, -0.1) is 0 Å². The van der Waals surface area contributed by atoms with Gasteiger partial charge >= 0.3 is 0 Å². The van der Waals surface area contributed by atoms with E-state index in [2.05, 4.69) is 41.0 Å². The third-order valence-corrected chi connectivity index (χ3v) is 6.12. The van der Waals surface area contributed by atoms with Gasteiger partial charge in [0.15, 0.2) is 5.65 Å². The molecule has 166 valence electrons. The summed E-state index contributed by atoms with van der Waals surface area (Å²) >= 11 is 2.29. The molecule has 33 heavy (non-hydrogen) atoms. The summed E-state index contributed by atoms with van der Waals surface area (Å²) in [5.41, 5.74) is 6.13. The van der Waals surface area contributed by atoms with Gasteiger partial charge in [-0.2, -0.15) is 5.10 Å². The lowest BCUT2D eigenvalue weighted by Gasteiger charge is -2.12. The highest BCUT2D eigenvalue weighted by molar-refractivity contribution is 14.1. The third-order valence-electron chi connectivity index (χ3n) is 5.30. The second-order valence-corrected chi connectivity index (χ2v) is 9.14. The van der Waals surface area contributed by atoms with Crippen molar-refractivity contribution in [2.24, 2.45) is 0 Å². The maximum absolute atomic E-state index is 13.5. The number of nitrogens with one attached hydrogen (secondary N) is 1. The second-order valence-electron chi connectivity index (χ2n) is 7.78. The number of hydrogen-bond donors (Lipinski definition) is 1. The van der Waals surface area contributed by atoms with Gasteiger partial charge in [-0.3, -0.25) is 4.98 Å². The minimum absolute atomic E-state index is 0.206. The van der Waals surface area contributed by atoms with Crippen molar-refractivity contribution < 1.29 is 4.39 Å². The van der Waals surface area contributed by atoms with Crippen LogP contribution < -0.4 is 0 Å². The highest BCUT2D eigenvalue weighted by Gasteiger charge is 2.17. The third kappa shape index (κ3) is 4.93. The van der Waals surface area contributed by atoms with Crippen LogP contribution in [0.4, 0.5) is 4.39 Å². The van der Waals surface area contributed by atoms with Gasteiger partial charge in [-0.05, 0) is 55.3 Å². The summed E-state index contributed by atoms with van der Waals surface area (Å²) in [5, 5.41) is 4.26. The lowest BCUT2D eigenvalue weighted by molar-refractivity contribution is 0.496. The van der Waals surface area contributed by atoms with E-state index in [-0.39, 0.29) is 5.82 Å². The largest absolute Gasteiger partial charge is 0.340 e. The number of hydrogen-bond acceptors (Lipinski definition) is 5. The summed E-state index contributed by atoms with van der Waals surface area (Å²) in [6, 6.07) is 16.6. The monoisotopic (exact) mass is 553 g/mol. The number of pyridine rings is 2. The Hall–Kier alpha value is -3.18. The van der Waals surface area contributed by atoms with Crippen LogP contribution >= 0.6 is 22.9 Å². The van der Waals surface area contributed by atoms with E-state index in [1.54, 1.807) is 16.6 Å². The van der Waals surface area contributed by atoms with Crippen molar-refractivity contribution in [2.45, 2.75) is 19.9 Å². The van der Waals surface area contributed by atoms with Gasteiger partial charge in [0.25, 0.3) is 0 Å². The molecule has 1 N–H and O–H groups in total. The van der Waals surface area contributed by atoms with Gasteiger partial charge in [0.2, 0.25) is 0 Å². The van der Waals surface area contributed by atoms with Crippen molar-refractivity contribution in [3.8, 4) is 22.6 Å². The van der Waals surface area contributed by atoms with Crippen LogP contribution in [0.15, 0.2) is 67.1 Å². The van der Waals surface area contributed by atoms with Crippen LogP contribution in [0.5, 0.6) is 0 Å². The fourth-order valence-corrected chi connectivity index (χ4v) is 4.28. The van der Waals surface area contributed by atoms with Crippen molar-refractivity contribution in [2.75, 3.05) is 6.54 Å². The number of aromatic nitrogens is 6. The van der Waals surface area contributed by atoms with Gasteiger partial charge < -0.3 is 4.98 Å². The highest BCUT2D eigenvalue weighted by atomic mass is 127. The molecule has 0 radical (unpaired) electrons. The number of imidazole rings is 1. The molecule has 5 aromatic rings. The quantitative estimate of drug-likeness (QED) is 0.226. The first-order valence-corrected chi connectivity index (χ1v) is 11.5. The zero-order valence-corrected chi connectivity index (χ0v) is 20.1. The molecule has 0 saturated heterocycles. The van der Waals surface area contributed by atoms with Crippen molar-refractivity contribution in [3.63, 3.8) is 0 Å². The van der Waals surface area contributed by atoms with E-state index in [1.165, 1.54) is 12.4 Å². The Morgan fingerprint density at radius 2 is 1.97 bits per heavy atom. The Morgan fingerprint density at radius 1 is 1.09 bits per heavy atom. The van der Waals surface area contributed by atoms with E-state index < -0.39 is 0 Å². The maximum atomic E-state index is 13.5. The average molecular weight is 553 g/mol. The van der Waals surface area contributed by atoms with Crippen LogP contribution in [-0.2, 0) is 13.0 Å².